The summed E-state index contributed by atoms with van der Waals surface area (Å²) >= 11 is 11.6. The molecule has 0 radical (unpaired) electrons. The maximum absolute atomic E-state index is 13.5. The Labute approximate surface area is 213 Å². The molecule has 2 amide bonds. The number of halogens is 3. The smallest absolute Gasteiger partial charge is 0.261 e. The number of amides is 2. The molecule has 0 unspecified atom stereocenters. The van der Waals surface area contributed by atoms with Gasteiger partial charge in [0, 0.05) is 42.2 Å². The number of nitrogens with zero attached hydrogens (tertiary/aromatic N) is 1. The molecule has 2 N–H and O–H groups in total. The molecule has 7 nitrogen and oxygen atoms in total. The lowest BCUT2D eigenvalue weighted by molar-refractivity contribution is -0.135. The Hall–Kier alpha value is -2.55. The first-order chi connectivity index (χ1) is 16.7. The van der Waals surface area contributed by atoms with Crippen molar-refractivity contribution in [3.8, 4) is 11.5 Å². The molecule has 0 spiro atoms. The minimum atomic E-state index is -0.824. The number of aliphatic hydroxyl groups excluding tert-OH is 1. The lowest BCUT2D eigenvalue weighted by atomic mass is 9.90. The van der Waals surface area contributed by atoms with Gasteiger partial charge >= 0.3 is 0 Å². The third kappa shape index (κ3) is 6.18. The molecule has 4 rings (SSSR count). The zero-order valence-corrected chi connectivity index (χ0v) is 20.7. The first-order valence-electron chi connectivity index (χ1n) is 11.5. The van der Waals surface area contributed by atoms with E-state index in [0.29, 0.717) is 29.2 Å². The lowest BCUT2D eigenvalue weighted by Crippen LogP contribution is -2.49. The second-order valence-corrected chi connectivity index (χ2v) is 9.77. The van der Waals surface area contributed by atoms with Gasteiger partial charge in [0.15, 0.2) is 12.7 Å². The molecule has 10 heteroatoms. The topological polar surface area (TPSA) is 88.1 Å². The van der Waals surface area contributed by atoms with Gasteiger partial charge in [-0.05, 0) is 56.0 Å². The quantitative estimate of drug-likeness (QED) is 0.588. The Morgan fingerprint density at radius 1 is 1.17 bits per heavy atom. The summed E-state index contributed by atoms with van der Waals surface area (Å²) in [6, 6.07) is 8.98. The van der Waals surface area contributed by atoms with Gasteiger partial charge in [0.25, 0.3) is 11.8 Å². The van der Waals surface area contributed by atoms with Gasteiger partial charge in [-0.3, -0.25) is 9.59 Å². The van der Waals surface area contributed by atoms with Crippen LogP contribution in [0, 0.1) is 5.82 Å². The van der Waals surface area contributed by atoms with Crippen molar-refractivity contribution in [2.75, 3.05) is 13.7 Å². The number of benzene rings is 2. The standard InChI is InChI=1S/C25H27Cl2FN2O5/c1-30(24(32)13-34-17-7-8-19(27)20(28)11-17)16-5-3-15(4-6-16)29-25(33)23-12-21(31)18-10-14(26)2-9-22(18)35-23/h2,7-11,15-16,21,23,31H,3-6,12-13H2,1H3,(H,29,33)/t15-,16-,21-,23-/m1/s1. The number of hydrogen-bond acceptors (Lipinski definition) is 5. The van der Waals surface area contributed by atoms with Crippen LogP contribution in [-0.4, -0.2) is 53.7 Å². The van der Waals surface area contributed by atoms with Crippen LogP contribution >= 0.6 is 23.2 Å². The summed E-state index contributed by atoms with van der Waals surface area (Å²) in [5.41, 5.74) is 0.583. The first-order valence-corrected chi connectivity index (χ1v) is 12.2. The van der Waals surface area contributed by atoms with Crippen LogP contribution in [0.5, 0.6) is 11.5 Å². The molecular weight excluding hydrogens is 498 g/mol. The number of ether oxygens (including phenoxy) is 2. The highest BCUT2D eigenvalue weighted by atomic mass is 35.5. The van der Waals surface area contributed by atoms with E-state index < -0.39 is 18.0 Å². The number of carbonyl (C=O) groups excluding carboxylic acids is 2. The van der Waals surface area contributed by atoms with Crippen LogP contribution < -0.4 is 14.8 Å². The van der Waals surface area contributed by atoms with Gasteiger partial charge in [-0.15, -0.1) is 0 Å². The van der Waals surface area contributed by atoms with E-state index in [4.69, 9.17) is 32.7 Å². The molecule has 0 aromatic heterocycles. The average Bonchev–Trinajstić information content (AvgIpc) is 2.85. The molecule has 2 aromatic rings. The van der Waals surface area contributed by atoms with Crippen molar-refractivity contribution in [1.29, 1.82) is 0 Å². The Morgan fingerprint density at radius 2 is 1.91 bits per heavy atom. The van der Waals surface area contributed by atoms with Crippen LogP contribution in [0.3, 0.4) is 0 Å². The van der Waals surface area contributed by atoms with E-state index in [1.807, 2.05) is 0 Å². The second-order valence-electron chi connectivity index (χ2n) is 8.92. The third-order valence-electron chi connectivity index (χ3n) is 6.57. The van der Waals surface area contributed by atoms with Crippen molar-refractivity contribution >= 4 is 35.0 Å². The minimum Gasteiger partial charge on any atom is -0.484 e. The summed E-state index contributed by atoms with van der Waals surface area (Å²) in [5, 5.41) is 13.9. The minimum absolute atomic E-state index is 0.00870. The van der Waals surface area contributed by atoms with Crippen LogP contribution in [0.25, 0.3) is 0 Å². The summed E-state index contributed by atoms with van der Waals surface area (Å²) in [6.45, 7) is -0.206. The summed E-state index contributed by atoms with van der Waals surface area (Å²) in [5.74, 6) is -0.383. The van der Waals surface area contributed by atoms with Crippen LogP contribution in [0.15, 0.2) is 36.4 Å². The highest BCUT2D eigenvalue weighted by Gasteiger charge is 2.34. The van der Waals surface area contributed by atoms with Crippen molar-refractivity contribution in [2.24, 2.45) is 0 Å². The van der Waals surface area contributed by atoms with Crippen molar-refractivity contribution in [1.82, 2.24) is 10.2 Å². The predicted molar refractivity (Wildman–Crippen MR) is 129 cm³/mol. The molecule has 188 valence electrons. The molecule has 35 heavy (non-hydrogen) atoms. The van der Waals surface area contributed by atoms with E-state index in [9.17, 15) is 19.1 Å². The van der Waals surface area contributed by atoms with Crippen LogP contribution in [0.4, 0.5) is 4.39 Å². The summed E-state index contributed by atoms with van der Waals surface area (Å²) in [4.78, 5) is 27.0. The van der Waals surface area contributed by atoms with Gasteiger partial charge in [0.1, 0.15) is 17.3 Å². The SMILES string of the molecule is CN(C(=O)COc1ccc(Cl)c(F)c1)[C@H]1CC[C@H](NC(=O)[C@H]2C[C@@H](O)c3cc(Cl)ccc3O2)CC1. The maximum atomic E-state index is 13.5. The van der Waals surface area contributed by atoms with Crippen molar-refractivity contribution < 1.29 is 28.6 Å². The van der Waals surface area contributed by atoms with E-state index in [1.54, 1.807) is 30.1 Å². The third-order valence-corrected chi connectivity index (χ3v) is 7.11. The van der Waals surface area contributed by atoms with E-state index in [1.165, 1.54) is 12.1 Å². The zero-order valence-electron chi connectivity index (χ0n) is 19.2. The van der Waals surface area contributed by atoms with Gasteiger partial charge in [0.05, 0.1) is 11.1 Å². The number of carbonyl (C=O) groups is 2. The summed E-state index contributed by atoms with van der Waals surface area (Å²) in [7, 11) is 1.72. The van der Waals surface area contributed by atoms with Gasteiger partial charge in [-0.2, -0.15) is 0 Å². The van der Waals surface area contributed by atoms with Crippen molar-refractivity contribution in [3.05, 3.63) is 57.8 Å². The number of aliphatic hydroxyl groups is 1. The normalized spacial score (nSPS) is 23.6. The van der Waals surface area contributed by atoms with E-state index >= 15 is 0 Å². The highest BCUT2D eigenvalue weighted by Crippen LogP contribution is 2.36. The fourth-order valence-corrected chi connectivity index (χ4v) is 4.80. The van der Waals surface area contributed by atoms with Gasteiger partial charge in [0.2, 0.25) is 0 Å². The molecule has 0 bridgehead atoms. The zero-order chi connectivity index (χ0) is 25.1. The predicted octanol–water partition coefficient (Wildman–Crippen LogP) is 4.28. The molecule has 0 saturated heterocycles. The first kappa shape index (κ1) is 25.5. The Bertz CT molecular complexity index is 1090. The van der Waals surface area contributed by atoms with Crippen molar-refractivity contribution in [2.45, 2.75) is 56.4 Å². The lowest BCUT2D eigenvalue weighted by Gasteiger charge is -2.36. The fraction of sp³-hybridized carbons (Fsp3) is 0.440. The average molecular weight is 525 g/mol. The van der Waals surface area contributed by atoms with E-state index in [-0.39, 0.29) is 47.7 Å². The molecule has 1 fully saturated rings. The Kier molecular flexibility index (Phi) is 8.04. The molecule has 1 saturated carbocycles. The van der Waals surface area contributed by atoms with Gasteiger partial charge < -0.3 is 24.8 Å². The van der Waals surface area contributed by atoms with Crippen molar-refractivity contribution in [3.63, 3.8) is 0 Å². The molecule has 2 atom stereocenters. The van der Waals surface area contributed by atoms with Crippen LogP contribution in [0.1, 0.15) is 43.8 Å². The molecule has 2 aliphatic rings. The number of hydrogen-bond donors (Lipinski definition) is 2. The molecule has 2 aromatic carbocycles. The maximum Gasteiger partial charge on any atom is 0.261 e. The number of fused-ring (bicyclic) bond motifs is 1. The summed E-state index contributed by atoms with van der Waals surface area (Å²) in [6.07, 6.45) is 1.41. The van der Waals surface area contributed by atoms with E-state index in [2.05, 4.69) is 5.32 Å². The van der Waals surface area contributed by atoms with Gasteiger partial charge in [-0.1, -0.05) is 23.2 Å². The molecule has 1 heterocycles. The highest BCUT2D eigenvalue weighted by molar-refractivity contribution is 6.31. The van der Waals surface area contributed by atoms with E-state index in [0.717, 1.165) is 18.9 Å². The second kappa shape index (κ2) is 11.0. The number of rotatable bonds is 6. The fourth-order valence-electron chi connectivity index (χ4n) is 4.50. The number of nitrogens with one attached hydrogen (secondary N) is 1. The van der Waals surface area contributed by atoms with Crippen LogP contribution in [0.2, 0.25) is 10.0 Å². The molecule has 1 aliphatic carbocycles. The molecular formula is C25H27Cl2FN2O5. The van der Waals surface area contributed by atoms with Crippen LogP contribution in [-0.2, 0) is 9.59 Å². The summed E-state index contributed by atoms with van der Waals surface area (Å²) < 4.78 is 24.7. The molecule has 1 aliphatic heterocycles. The Morgan fingerprint density at radius 3 is 2.63 bits per heavy atom. The number of likely N-dealkylation sites (N-methyl/N-ethyl adjacent to an activating group) is 1. The van der Waals surface area contributed by atoms with Gasteiger partial charge in [-0.25, -0.2) is 4.39 Å². The monoisotopic (exact) mass is 524 g/mol. The Balaban J connectivity index is 1.23. The largest absolute Gasteiger partial charge is 0.484 e.